The molecule has 0 aliphatic heterocycles. The molecule has 0 heterocycles. The van der Waals surface area contributed by atoms with Crippen LogP contribution in [0.1, 0.15) is 0 Å². The van der Waals surface area contributed by atoms with Crippen molar-refractivity contribution in [1.29, 1.82) is 0 Å². The Morgan fingerprint density at radius 1 is 0.323 bits per heavy atom. The number of rotatable bonds is 2. The fraction of sp³-hybridized carbons (Fsp3) is 0. The largest absolute Gasteiger partial charge is 0.113 e. The summed E-state index contributed by atoms with van der Waals surface area (Å²) in [5.41, 5.74) is 5.70. The summed E-state index contributed by atoms with van der Waals surface area (Å²) in [5, 5.41) is 7.49. The Morgan fingerprint density at radius 3 is 1.65 bits per heavy atom. The maximum Gasteiger partial charge on any atom is 0.113 e. The minimum Gasteiger partial charge on any atom is -0.0960 e. The average molecular weight is 390 g/mol. The molecule has 6 aromatic carbocycles. The first-order valence-corrected chi connectivity index (χ1v) is 10.6. The number of benzene rings is 6. The summed E-state index contributed by atoms with van der Waals surface area (Å²) in [6, 6.07) is 41.0. The van der Waals surface area contributed by atoms with Crippen LogP contribution in [-0.4, -0.2) is 7.85 Å². The first-order valence-electron chi connectivity index (χ1n) is 10.6. The van der Waals surface area contributed by atoms with E-state index in [0.29, 0.717) is 0 Å². The zero-order chi connectivity index (χ0) is 20.8. The summed E-state index contributed by atoms with van der Waals surface area (Å²) in [5.74, 6) is 0. The lowest BCUT2D eigenvalue weighted by Crippen LogP contribution is -2.00. The van der Waals surface area contributed by atoms with Crippen LogP contribution in [0.2, 0.25) is 0 Å². The minimum atomic E-state index is 0.795. The molecule has 0 unspecified atom stereocenters. The van der Waals surface area contributed by atoms with Gasteiger partial charge in [0.1, 0.15) is 7.85 Å². The average Bonchev–Trinajstić information content (AvgIpc) is 2.84. The highest BCUT2D eigenvalue weighted by Crippen LogP contribution is 2.37. The van der Waals surface area contributed by atoms with E-state index in [2.05, 4.69) is 109 Å². The molecule has 2 radical (unpaired) electrons. The van der Waals surface area contributed by atoms with Crippen LogP contribution in [0.15, 0.2) is 115 Å². The summed E-state index contributed by atoms with van der Waals surface area (Å²) in [7, 11) is 6.15. The van der Waals surface area contributed by atoms with Crippen LogP contribution in [0.3, 0.4) is 0 Å². The molecular formula is C30H19B. The molecule has 0 amide bonds. The maximum atomic E-state index is 6.15. The molecule has 0 saturated carbocycles. The van der Waals surface area contributed by atoms with Gasteiger partial charge < -0.3 is 0 Å². The van der Waals surface area contributed by atoms with Crippen molar-refractivity contribution in [3.05, 3.63) is 115 Å². The lowest BCUT2D eigenvalue weighted by Gasteiger charge is -2.13. The van der Waals surface area contributed by atoms with Gasteiger partial charge in [-0.1, -0.05) is 109 Å². The second kappa shape index (κ2) is 7.14. The van der Waals surface area contributed by atoms with E-state index in [1.54, 1.807) is 0 Å². The van der Waals surface area contributed by atoms with Crippen molar-refractivity contribution in [2.24, 2.45) is 0 Å². The third-order valence-electron chi connectivity index (χ3n) is 6.16. The summed E-state index contributed by atoms with van der Waals surface area (Å²) in [6.07, 6.45) is 0. The molecule has 0 saturated heterocycles. The Labute approximate surface area is 183 Å². The van der Waals surface area contributed by atoms with Gasteiger partial charge in [0.05, 0.1) is 0 Å². The molecule has 31 heavy (non-hydrogen) atoms. The Kier molecular flexibility index (Phi) is 4.14. The van der Waals surface area contributed by atoms with E-state index in [1.807, 2.05) is 6.07 Å². The van der Waals surface area contributed by atoms with Crippen LogP contribution in [0.4, 0.5) is 0 Å². The molecule has 0 nitrogen and oxygen atoms in total. The molecule has 0 aliphatic carbocycles. The highest BCUT2D eigenvalue weighted by Gasteiger charge is 2.10. The third-order valence-corrected chi connectivity index (χ3v) is 6.16. The normalized spacial score (nSPS) is 11.4. The molecule has 0 N–H and O–H groups in total. The highest BCUT2D eigenvalue weighted by molar-refractivity contribution is 6.35. The Morgan fingerprint density at radius 2 is 0.839 bits per heavy atom. The maximum absolute atomic E-state index is 6.15. The van der Waals surface area contributed by atoms with Gasteiger partial charge >= 0.3 is 0 Å². The van der Waals surface area contributed by atoms with E-state index in [4.69, 9.17) is 7.85 Å². The van der Waals surface area contributed by atoms with Gasteiger partial charge in [-0.25, -0.2) is 0 Å². The molecule has 0 spiro atoms. The van der Waals surface area contributed by atoms with Crippen LogP contribution in [0.25, 0.3) is 54.6 Å². The van der Waals surface area contributed by atoms with Gasteiger partial charge in [0.25, 0.3) is 0 Å². The predicted octanol–water partition coefficient (Wildman–Crippen LogP) is 7.27. The van der Waals surface area contributed by atoms with E-state index in [-0.39, 0.29) is 0 Å². The van der Waals surface area contributed by atoms with Crippen molar-refractivity contribution >= 4 is 45.6 Å². The van der Waals surface area contributed by atoms with Gasteiger partial charge in [0.2, 0.25) is 0 Å². The predicted molar refractivity (Wildman–Crippen MR) is 135 cm³/mol. The molecule has 0 bridgehead atoms. The molecule has 1 heteroatoms. The van der Waals surface area contributed by atoms with Crippen molar-refractivity contribution in [1.82, 2.24) is 0 Å². The van der Waals surface area contributed by atoms with E-state index < -0.39 is 0 Å². The molecule has 6 aromatic rings. The van der Waals surface area contributed by atoms with E-state index in [0.717, 1.165) is 5.46 Å². The first kappa shape index (κ1) is 18.0. The van der Waals surface area contributed by atoms with Crippen molar-refractivity contribution in [3.8, 4) is 22.3 Å². The zero-order valence-corrected chi connectivity index (χ0v) is 17.0. The van der Waals surface area contributed by atoms with E-state index in [1.165, 1.54) is 54.6 Å². The molecule has 0 fully saturated rings. The van der Waals surface area contributed by atoms with Gasteiger partial charge in [-0.15, -0.1) is 0 Å². The molecule has 6 rings (SSSR count). The van der Waals surface area contributed by atoms with Gasteiger partial charge in [0.15, 0.2) is 0 Å². The van der Waals surface area contributed by atoms with Crippen molar-refractivity contribution in [2.75, 3.05) is 0 Å². The fourth-order valence-corrected chi connectivity index (χ4v) is 4.66. The summed E-state index contributed by atoms with van der Waals surface area (Å²) >= 11 is 0. The molecule has 0 aliphatic rings. The topological polar surface area (TPSA) is 0 Å². The number of hydrogen-bond donors (Lipinski definition) is 0. The lowest BCUT2D eigenvalue weighted by atomic mass is 9.87. The standard InChI is InChI=1S/C30H19B/c31-24-14-16-27-25-11-4-5-12-26(25)29-18-23(13-15-28(29)30(27)19-24)22-10-6-9-21(17-22)20-7-2-1-3-8-20/h1-19H. The number of fused-ring (bicyclic) bond motifs is 6. The smallest absolute Gasteiger partial charge is 0.0960 e. The third kappa shape index (κ3) is 3.02. The quantitative estimate of drug-likeness (QED) is 0.215. The summed E-state index contributed by atoms with van der Waals surface area (Å²) in [6.45, 7) is 0. The monoisotopic (exact) mass is 390 g/mol. The Balaban J connectivity index is 1.62. The molecule has 142 valence electrons. The van der Waals surface area contributed by atoms with Crippen LogP contribution in [0, 0.1) is 0 Å². The van der Waals surface area contributed by atoms with Gasteiger partial charge in [-0.05, 0) is 66.7 Å². The van der Waals surface area contributed by atoms with Gasteiger partial charge in [-0.3, -0.25) is 0 Å². The zero-order valence-electron chi connectivity index (χ0n) is 17.0. The lowest BCUT2D eigenvalue weighted by molar-refractivity contribution is 1.60. The highest BCUT2D eigenvalue weighted by atomic mass is 14.1. The fourth-order valence-electron chi connectivity index (χ4n) is 4.66. The minimum absolute atomic E-state index is 0.795. The summed E-state index contributed by atoms with van der Waals surface area (Å²) in [4.78, 5) is 0. The van der Waals surface area contributed by atoms with Crippen molar-refractivity contribution < 1.29 is 0 Å². The molecular weight excluding hydrogens is 371 g/mol. The molecule has 0 atom stereocenters. The van der Waals surface area contributed by atoms with Crippen LogP contribution in [-0.2, 0) is 0 Å². The van der Waals surface area contributed by atoms with Crippen LogP contribution in [0.5, 0.6) is 0 Å². The van der Waals surface area contributed by atoms with Crippen LogP contribution < -0.4 is 5.46 Å². The van der Waals surface area contributed by atoms with E-state index >= 15 is 0 Å². The summed E-state index contributed by atoms with van der Waals surface area (Å²) < 4.78 is 0. The number of hydrogen-bond acceptors (Lipinski definition) is 0. The Bertz CT molecular complexity index is 1580. The van der Waals surface area contributed by atoms with E-state index in [9.17, 15) is 0 Å². The van der Waals surface area contributed by atoms with Crippen molar-refractivity contribution in [3.63, 3.8) is 0 Å². The van der Waals surface area contributed by atoms with Crippen molar-refractivity contribution in [2.45, 2.75) is 0 Å². The SMILES string of the molecule is [B]c1ccc2c3ccccc3c3cc(-c4cccc(-c5ccccc5)c4)ccc3c2c1. The molecule has 0 aromatic heterocycles. The Hall–Kier alpha value is -3.84. The second-order valence-corrected chi connectivity index (χ2v) is 8.06. The van der Waals surface area contributed by atoms with Gasteiger partial charge in [0, 0.05) is 0 Å². The van der Waals surface area contributed by atoms with Gasteiger partial charge in [-0.2, -0.15) is 0 Å². The first-order chi connectivity index (χ1) is 15.3. The second-order valence-electron chi connectivity index (χ2n) is 8.06. The van der Waals surface area contributed by atoms with Crippen LogP contribution >= 0.6 is 0 Å².